The molecule has 1 aliphatic rings. The van der Waals surface area contributed by atoms with Crippen LogP contribution in [-0.2, 0) is 9.53 Å². The molecule has 0 spiro atoms. The molecular weight excluding hydrogens is 480 g/mol. The number of carbonyl (C=O) groups is 2. The van der Waals surface area contributed by atoms with Crippen LogP contribution in [0.1, 0.15) is 52.9 Å². The van der Waals surface area contributed by atoms with Crippen LogP contribution < -0.4 is 16.0 Å². The van der Waals surface area contributed by atoms with Crippen LogP contribution in [0.4, 0.5) is 10.7 Å². The molecule has 4 N–H and O–H groups in total. The Hall–Kier alpha value is -3.33. The second-order valence-electron chi connectivity index (χ2n) is 10.1. The number of nitrogens with zero attached hydrogens (tertiary/aromatic N) is 2. The van der Waals surface area contributed by atoms with E-state index in [0.29, 0.717) is 16.7 Å². The summed E-state index contributed by atoms with van der Waals surface area (Å²) in [6, 6.07) is 8.18. The predicted molar refractivity (Wildman–Crippen MR) is 141 cm³/mol. The van der Waals surface area contributed by atoms with Crippen molar-refractivity contribution in [3.63, 3.8) is 0 Å². The SMILES string of the molecule is CC(C)(C)OC(=O)NCCC(=O)NC1CCCC(Nc2ncc(Cl)c(-c3c[nH]c4ccccc34)n2)C1. The number of hydrogen-bond acceptors (Lipinski definition) is 6. The van der Waals surface area contributed by atoms with Gasteiger partial charge in [-0.3, -0.25) is 4.79 Å². The Morgan fingerprint density at radius 3 is 2.78 bits per heavy atom. The van der Waals surface area contributed by atoms with Crippen LogP contribution in [-0.4, -0.2) is 51.2 Å². The van der Waals surface area contributed by atoms with E-state index in [-0.39, 0.29) is 31.0 Å². The van der Waals surface area contributed by atoms with Crippen LogP contribution in [0.25, 0.3) is 22.2 Å². The van der Waals surface area contributed by atoms with E-state index < -0.39 is 11.7 Å². The van der Waals surface area contributed by atoms with E-state index in [0.717, 1.165) is 42.1 Å². The number of aromatic nitrogens is 3. The molecule has 0 radical (unpaired) electrons. The summed E-state index contributed by atoms with van der Waals surface area (Å²) in [7, 11) is 0. The van der Waals surface area contributed by atoms with Crippen molar-refractivity contribution in [1.82, 2.24) is 25.6 Å². The number of para-hydroxylation sites is 1. The fourth-order valence-corrected chi connectivity index (χ4v) is 4.61. The number of H-pyrrole nitrogens is 1. The Bertz CT molecular complexity index is 1220. The second kappa shape index (κ2) is 11.2. The first kappa shape index (κ1) is 25.8. The highest BCUT2D eigenvalue weighted by atomic mass is 35.5. The molecule has 2 aromatic heterocycles. The van der Waals surface area contributed by atoms with Gasteiger partial charge in [-0.1, -0.05) is 29.8 Å². The number of amides is 2. The highest BCUT2D eigenvalue weighted by molar-refractivity contribution is 6.33. The van der Waals surface area contributed by atoms with Gasteiger partial charge in [0.1, 0.15) is 5.60 Å². The van der Waals surface area contributed by atoms with E-state index in [1.807, 2.05) is 30.5 Å². The first-order chi connectivity index (χ1) is 17.2. The molecule has 2 heterocycles. The van der Waals surface area contributed by atoms with Crippen molar-refractivity contribution in [2.45, 2.75) is 70.6 Å². The van der Waals surface area contributed by atoms with Crippen LogP contribution in [0.3, 0.4) is 0 Å². The summed E-state index contributed by atoms with van der Waals surface area (Å²) >= 11 is 6.46. The van der Waals surface area contributed by atoms with Crippen molar-refractivity contribution < 1.29 is 14.3 Å². The summed E-state index contributed by atoms with van der Waals surface area (Å²) in [6.45, 7) is 5.62. The van der Waals surface area contributed by atoms with Gasteiger partial charge in [0.25, 0.3) is 0 Å². The number of aromatic amines is 1. The molecule has 0 saturated heterocycles. The van der Waals surface area contributed by atoms with Crippen molar-refractivity contribution in [2.75, 3.05) is 11.9 Å². The minimum absolute atomic E-state index is 0.0469. The normalized spacial score (nSPS) is 18.0. The third-order valence-corrected chi connectivity index (χ3v) is 6.26. The lowest BCUT2D eigenvalue weighted by Crippen LogP contribution is -2.43. The molecule has 1 fully saturated rings. The minimum atomic E-state index is -0.569. The monoisotopic (exact) mass is 512 g/mol. The van der Waals surface area contributed by atoms with Gasteiger partial charge in [0.15, 0.2) is 0 Å². The van der Waals surface area contributed by atoms with Crippen molar-refractivity contribution >= 4 is 40.5 Å². The van der Waals surface area contributed by atoms with Crippen LogP contribution in [0.5, 0.6) is 0 Å². The molecule has 2 atom stereocenters. The Balaban J connectivity index is 1.31. The number of alkyl carbamates (subject to hydrolysis) is 1. The summed E-state index contributed by atoms with van der Waals surface area (Å²) < 4.78 is 5.19. The zero-order chi connectivity index (χ0) is 25.7. The number of hydrogen-bond donors (Lipinski definition) is 4. The number of fused-ring (bicyclic) bond motifs is 1. The standard InChI is InChI=1S/C26H33ClN6O3/c1-26(2,3)36-25(35)28-12-11-22(34)31-16-7-6-8-17(13-16)32-24-30-15-20(27)23(33-24)19-14-29-21-10-5-4-9-18(19)21/h4-5,9-10,14-17,29H,6-8,11-13H2,1-3H3,(H,28,35)(H,31,34)(H,30,32,33). The third kappa shape index (κ3) is 6.87. The maximum atomic E-state index is 12.4. The topological polar surface area (TPSA) is 121 Å². The maximum absolute atomic E-state index is 12.4. The van der Waals surface area contributed by atoms with Gasteiger partial charge in [0, 0.05) is 47.7 Å². The van der Waals surface area contributed by atoms with E-state index in [2.05, 4.69) is 25.9 Å². The fraction of sp³-hybridized carbons (Fsp3) is 0.462. The quantitative estimate of drug-likeness (QED) is 0.352. The van der Waals surface area contributed by atoms with E-state index >= 15 is 0 Å². The molecule has 2 unspecified atom stereocenters. The number of nitrogens with one attached hydrogen (secondary N) is 4. The molecule has 0 aliphatic heterocycles. The van der Waals surface area contributed by atoms with Crippen molar-refractivity contribution in [3.8, 4) is 11.3 Å². The van der Waals surface area contributed by atoms with Crippen LogP contribution in [0.2, 0.25) is 5.02 Å². The van der Waals surface area contributed by atoms with E-state index in [4.69, 9.17) is 21.3 Å². The van der Waals surface area contributed by atoms with Crippen molar-refractivity contribution in [1.29, 1.82) is 0 Å². The lowest BCUT2D eigenvalue weighted by molar-refractivity contribution is -0.121. The Kier molecular flexibility index (Phi) is 7.98. The first-order valence-corrected chi connectivity index (χ1v) is 12.7. The molecule has 10 heteroatoms. The summed E-state index contributed by atoms with van der Waals surface area (Å²) in [5.74, 6) is 0.416. The van der Waals surface area contributed by atoms with Gasteiger partial charge in [-0.2, -0.15) is 0 Å². The van der Waals surface area contributed by atoms with Crippen LogP contribution >= 0.6 is 11.6 Å². The fourth-order valence-electron chi connectivity index (χ4n) is 4.42. The number of carbonyl (C=O) groups excluding carboxylic acids is 2. The molecule has 9 nitrogen and oxygen atoms in total. The highest BCUT2D eigenvalue weighted by Crippen LogP contribution is 2.32. The number of halogens is 1. The molecule has 192 valence electrons. The molecule has 1 aliphatic carbocycles. The molecule has 1 saturated carbocycles. The largest absolute Gasteiger partial charge is 0.444 e. The Morgan fingerprint density at radius 2 is 1.97 bits per heavy atom. The highest BCUT2D eigenvalue weighted by Gasteiger charge is 2.24. The molecule has 4 rings (SSSR count). The van der Waals surface area contributed by atoms with Crippen LogP contribution in [0, 0.1) is 0 Å². The summed E-state index contributed by atoms with van der Waals surface area (Å²) in [5.41, 5.74) is 2.05. The van der Waals surface area contributed by atoms with Gasteiger partial charge in [-0.05, 0) is 52.5 Å². The van der Waals surface area contributed by atoms with Crippen molar-refractivity contribution in [2.24, 2.45) is 0 Å². The van der Waals surface area contributed by atoms with Gasteiger partial charge >= 0.3 is 6.09 Å². The molecule has 0 bridgehead atoms. The van der Waals surface area contributed by atoms with Gasteiger partial charge < -0.3 is 25.7 Å². The number of ether oxygens (including phenoxy) is 1. The lowest BCUT2D eigenvalue weighted by atomic mass is 9.91. The van der Waals surface area contributed by atoms with Gasteiger partial charge in [0.05, 0.1) is 16.9 Å². The maximum Gasteiger partial charge on any atom is 0.407 e. The molecular formula is C26H33ClN6O3. The van der Waals surface area contributed by atoms with Gasteiger partial charge in [0.2, 0.25) is 11.9 Å². The first-order valence-electron chi connectivity index (χ1n) is 12.3. The Morgan fingerprint density at radius 1 is 1.19 bits per heavy atom. The smallest absolute Gasteiger partial charge is 0.407 e. The number of rotatable bonds is 7. The lowest BCUT2D eigenvalue weighted by Gasteiger charge is -2.30. The molecule has 36 heavy (non-hydrogen) atoms. The minimum Gasteiger partial charge on any atom is -0.444 e. The van der Waals surface area contributed by atoms with Gasteiger partial charge in [-0.25, -0.2) is 14.8 Å². The number of benzene rings is 1. The average Bonchev–Trinajstić information content (AvgIpc) is 3.23. The van der Waals surface area contributed by atoms with Crippen LogP contribution in [0.15, 0.2) is 36.7 Å². The van der Waals surface area contributed by atoms with E-state index in [1.54, 1.807) is 27.0 Å². The van der Waals surface area contributed by atoms with Crippen molar-refractivity contribution in [3.05, 3.63) is 41.7 Å². The second-order valence-corrected chi connectivity index (χ2v) is 10.5. The molecule has 3 aromatic rings. The summed E-state index contributed by atoms with van der Waals surface area (Å²) in [5, 5.41) is 10.7. The number of anilines is 1. The summed E-state index contributed by atoms with van der Waals surface area (Å²) in [6.07, 6.45) is 6.81. The average molecular weight is 513 g/mol. The predicted octanol–water partition coefficient (Wildman–Crippen LogP) is 5.03. The van der Waals surface area contributed by atoms with E-state index in [9.17, 15) is 9.59 Å². The zero-order valence-corrected chi connectivity index (χ0v) is 21.6. The summed E-state index contributed by atoms with van der Waals surface area (Å²) in [4.78, 5) is 36.5. The zero-order valence-electron chi connectivity index (χ0n) is 20.9. The Labute approximate surface area is 215 Å². The van der Waals surface area contributed by atoms with E-state index in [1.165, 1.54) is 0 Å². The molecule has 2 amide bonds. The molecule has 1 aromatic carbocycles. The van der Waals surface area contributed by atoms with Gasteiger partial charge in [-0.15, -0.1) is 0 Å². The third-order valence-electron chi connectivity index (χ3n) is 5.98.